The van der Waals surface area contributed by atoms with Crippen LogP contribution in [0.5, 0.6) is 0 Å². The molecule has 23 heavy (non-hydrogen) atoms. The third kappa shape index (κ3) is 5.19. The zero-order valence-electron chi connectivity index (χ0n) is 13.1. The van der Waals surface area contributed by atoms with Gasteiger partial charge in [-0.3, -0.25) is 9.59 Å². The first-order valence-electron chi connectivity index (χ1n) is 7.57. The van der Waals surface area contributed by atoms with Crippen LogP contribution in [-0.2, 0) is 4.79 Å². The molecule has 0 bridgehead atoms. The lowest BCUT2D eigenvalue weighted by molar-refractivity contribution is -0.125. The molecule has 1 fully saturated rings. The Hall–Kier alpha value is -1.11. The van der Waals surface area contributed by atoms with Gasteiger partial charge in [0.2, 0.25) is 5.91 Å². The standard InChI is InChI=1S/C16H22BrN3O2.ClH/c1-11(9-18)10-19-15(21)14-3-2-8-20(14)16(22)12-4-6-13(17)7-5-12;/h4-7,11,14H,2-3,8-10,18H2,1H3,(H,19,21);1H. The summed E-state index contributed by atoms with van der Waals surface area (Å²) in [5.74, 6) is 0.0706. The predicted molar refractivity (Wildman–Crippen MR) is 96.7 cm³/mol. The van der Waals surface area contributed by atoms with E-state index in [0.29, 0.717) is 31.6 Å². The summed E-state index contributed by atoms with van der Waals surface area (Å²) in [6.45, 7) is 3.69. The van der Waals surface area contributed by atoms with Crippen LogP contribution in [0.2, 0.25) is 0 Å². The predicted octanol–water partition coefficient (Wildman–Crippen LogP) is 2.19. The van der Waals surface area contributed by atoms with Crippen molar-refractivity contribution >= 4 is 40.2 Å². The van der Waals surface area contributed by atoms with E-state index >= 15 is 0 Å². The van der Waals surface area contributed by atoms with Crippen molar-refractivity contribution in [3.8, 4) is 0 Å². The second-order valence-corrected chi connectivity index (χ2v) is 6.67. The molecule has 2 atom stereocenters. The van der Waals surface area contributed by atoms with E-state index in [1.165, 1.54) is 0 Å². The van der Waals surface area contributed by atoms with Crippen molar-refractivity contribution in [1.29, 1.82) is 0 Å². The number of likely N-dealkylation sites (tertiary alicyclic amines) is 1. The molecule has 2 rings (SSSR count). The number of carbonyl (C=O) groups is 2. The molecule has 1 aliphatic heterocycles. The molecule has 0 radical (unpaired) electrons. The molecule has 0 spiro atoms. The van der Waals surface area contributed by atoms with E-state index in [4.69, 9.17) is 5.73 Å². The molecule has 1 heterocycles. The Labute approximate surface area is 151 Å². The van der Waals surface area contributed by atoms with Crippen LogP contribution < -0.4 is 11.1 Å². The summed E-state index contributed by atoms with van der Waals surface area (Å²) >= 11 is 3.35. The number of nitrogens with two attached hydrogens (primary N) is 1. The number of nitrogens with zero attached hydrogens (tertiary/aromatic N) is 1. The maximum Gasteiger partial charge on any atom is 0.254 e. The highest BCUT2D eigenvalue weighted by Crippen LogP contribution is 2.21. The van der Waals surface area contributed by atoms with Crippen LogP contribution >= 0.6 is 28.3 Å². The highest BCUT2D eigenvalue weighted by Gasteiger charge is 2.34. The number of nitrogens with one attached hydrogen (secondary N) is 1. The van der Waals surface area contributed by atoms with Gasteiger partial charge < -0.3 is 16.0 Å². The van der Waals surface area contributed by atoms with E-state index in [0.717, 1.165) is 10.9 Å². The Morgan fingerprint density at radius 3 is 2.65 bits per heavy atom. The minimum atomic E-state index is -0.374. The zero-order valence-corrected chi connectivity index (χ0v) is 15.5. The first-order valence-corrected chi connectivity index (χ1v) is 8.36. The van der Waals surface area contributed by atoms with E-state index < -0.39 is 0 Å². The van der Waals surface area contributed by atoms with Crippen molar-refractivity contribution < 1.29 is 9.59 Å². The number of halogens is 2. The molecule has 5 nitrogen and oxygen atoms in total. The quantitative estimate of drug-likeness (QED) is 0.790. The van der Waals surface area contributed by atoms with Gasteiger partial charge in [0.15, 0.2) is 0 Å². The maximum absolute atomic E-state index is 12.6. The summed E-state index contributed by atoms with van der Waals surface area (Å²) in [4.78, 5) is 26.6. The van der Waals surface area contributed by atoms with E-state index in [1.54, 1.807) is 17.0 Å². The summed E-state index contributed by atoms with van der Waals surface area (Å²) in [6, 6.07) is 6.84. The molecule has 1 aromatic carbocycles. The molecule has 7 heteroatoms. The molecule has 1 aliphatic rings. The highest BCUT2D eigenvalue weighted by molar-refractivity contribution is 9.10. The molecule has 1 aromatic rings. The highest BCUT2D eigenvalue weighted by atomic mass is 79.9. The fourth-order valence-corrected chi connectivity index (χ4v) is 2.78. The van der Waals surface area contributed by atoms with Gasteiger partial charge in [0, 0.05) is 23.1 Å². The SMILES string of the molecule is CC(CN)CNC(=O)C1CCCN1C(=O)c1ccc(Br)cc1.Cl. The fraction of sp³-hybridized carbons (Fsp3) is 0.500. The third-order valence-electron chi connectivity index (χ3n) is 3.93. The van der Waals surface area contributed by atoms with Gasteiger partial charge in [0.1, 0.15) is 6.04 Å². The minimum Gasteiger partial charge on any atom is -0.354 e. The van der Waals surface area contributed by atoms with E-state index in [1.807, 2.05) is 19.1 Å². The van der Waals surface area contributed by atoms with Crippen molar-refractivity contribution in [3.05, 3.63) is 34.3 Å². The molecule has 3 N–H and O–H groups in total. The van der Waals surface area contributed by atoms with Crippen LogP contribution in [0.1, 0.15) is 30.1 Å². The van der Waals surface area contributed by atoms with Gasteiger partial charge in [-0.1, -0.05) is 22.9 Å². The Bertz CT molecular complexity index is 539. The van der Waals surface area contributed by atoms with Crippen molar-refractivity contribution in [3.63, 3.8) is 0 Å². The largest absolute Gasteiger partial charge is 0.354 e. The first-order chi connectivity index (χ1) is 10.5. The number of carbonyl (C=O) groups excluding carboxylic acids is 2. The van der Waals surface area contributed by atoms with Gasteiger partial charge in [-0.15, -0.1) is 12.4 Å². The first kappa shape index (κ1) is 19.9. The van der Waals surface area contributed by atoms with Crippen LogP contribution in [0.15, 0.2) is 28.7 Å². The monoisotopic (exact) mass is 403 g/mol. The number of benzene rings is 1. The van der Waals surface area contributed by atoms with Gasteiger partial charge in [-0.05, 0) is 49.6 Å². The molecule has 0 saturated carbocycles. The second kappa shape index (κ2) is 9.25. The van der Waals surface area contributed by atoms with Gasteiger partial charge in [0.25, 0.3) is 5.91 Å². The van der Waals surface area contributed by atoms with Gasteiger partial charge in [-0.25, -0.2) is 0 Å². The number of hydrogen-bond donors (Lipinski definition) is 2. The molecule has 2 amide bonds. The van der Waals surface area contributed by atoms with E-state index in [2.05, 4.69) is 21.2 Å². The summed E-state index contributed by atoms with van der Waals surface area (Å²) in [7, 11) is 0. The van der Waals surface area contributed by atoms with Crippen LogP contribution in [0.25, 0.3) is 0 Å². The van der Waals surface area contributed by atoms with Crippen molar-refractivity contribution in [2.45, 2.75) is 25.8 Å². The molecule has 2 unspecified atom stereocenters. The summed E-state index contributed by atoms with van der Waals surface area (Å²) in [5, 5.41) is 2.90. The fourth-order valence-electron chi connectivity index (χ4n) is 2.52. The van der Waals surface area contributed by atoms with Crippen molar-refractivity contribution in [2.75, 3.05) is 19.6 Å². The Morgan fingerprint density at radius 1 is 1.39 bits per heavy atom. The average Bonchev–Trinajstić information content (AvgIpc) is 3.01. The Balaban J connectivity index is 0.00000264. The van der Waals surface area contributed by atoms with Crippen LogP contribution in [0, 0.1) is 5.92 Å². The zero-order chi connectivity index (χ0) is 16.1. The van der Waals surface area contributed by atoms with Crippen molar-refractivity contribution in [1.82, 2.24) is 10.2 Å². The Kier molecular flexibility index (Phi) is 8.02. The normalized spacial score (nSPS) is 18.2. The number of rotatable bonds is 5. The average molecular weight is 405 g/mol. The Morgan fingerprint density at radius 2 is 2.04 bits per heavy atom. The molecule has 1 saturated heterocycles. The van der Waals surface area contributed by atoms with E-state index in [-0.39, 0.29) is 36.2 Å². The summed E-state index contributed by atoms with van der Waals surface area (Å²) < 4.78 is 0.926. The number of amides is 2. The smallest absolute Gasteiger partial charge is 0.254 e. The van der Waals surface area contributed by atoms with Gasteiger partial charge in [-0.2, -0.15) is 0 Å². The van der Waals surface area contributed by atoms with Crippen molar-refractivity contribution in [2.24, 2.45) is 11.7 Å². The molecule has 0 aliphatic carbocycles. The second-order valence-electron chi connectivity index (χ2n) is 5.75. The third-order valence-corrected chi connectivity index (χ3v) is 4.46. The van der Waals surface area contributed by atoms with Gasteiger partial charge >= 0.3 is 0 Å². The lowest BCUT2D eigenvalue weighted by Crippen LogP contribution is -2.47. The van der Waals surface area contributed by atoms with E-state index in [9.17, 15) is 9.59 Å². The molecular formula is C16H23BrClN3O2. The molecule has 128 valence electrons. The summed E-state index contributed by atoms with van der Waals surface area (Å²) in [6.07, 6.45) is 1.57. The molecule has 0 aromatic heterocycles. The van der Waals surface area contributed by atoms with Crippen LogP contribution in [-0.4, -0.2) is 42.4 Å². The lowest BCUT2D eigenvalue weighted by atomic mass is 10.1. The van der Waals surface area contributed by atoms with Gasteiger partial charge in [0.05, 0.1) is 0 Å². The minimum absolute atomic E-state index is 0. The number of hydrogen-bond acceptors (Lipinski definition) is 3. The van der Waals surface area contributed by atoms with Crippen LogP contribution in [0.4, 0.5) is 0 Å². The summed E-state index contributed by atoms with van der Waals surface area (Å²) in [5.41, 5.74) is 6.17. The lowest BCUT2D eigenvalue weighted by Gasteiger charge is -2.24. The molecular weight excluding hydrogens is 382 g/mol. The maximum atomic E-state index is 12.6. The van der Waals surface area contributed by atoms with Crippen LogP contribution in [0.3, 0.4) is 0 Å². The topological polar surface area (TPSA) is 75.4 Å².